The first-order chi connectivity index (χ1) is 12.2. The Morgan fingerprint density at radius 1 is 1.20 bits per heavy atom. The van der Waals surface area contributed by atoms with Gasteiger partial charge in [-0.05, 0) is 43.0 Å². The second kappa shape index (κ2) is 8.07. The van der Waals surface area contributed by atoms with Gasteiger partial charge in [-0.2, -0.15) is 5.10 Å². The molecule has 3 N–H and O–H groups in total. The van der Waals surface area contributed by atoms with Crippen molar-refractivity contribution in [1.82, 2.24) is 10.2 Å². The van der Waals surface area contributed by atoms with Gasteiger partial charge in [0.25, 0.3) is 0 Å². The first-order valence-corrected chi connectivity index (χ1v) is 8.75. The summed E-state index contributed by atoms with van der Waals surface area (Å²) in [6.45, 7) is 0.566. The van der Waals surface area contributed by atoms with Crippen LogP contribution in [0.5, 0.6) is 11.6 Å². The van der Waals surface area contributed by atoms with E-state index in [4.69, 9.17) is 10.5 Å². The molecule has 25 heavy (non-hydrogen) atoms. The van der Waals surface area contributed by atoms with Crippen molar-refractivity contribution in [3.05, 3.63) is 42.6 Å². The van der Waals surface area contributed by atoms with Crippen molar-refractivity contribution in [3.63, 3.8) is 0 Å². The fourth-order valence-electron chi connectivity index (χ4n) is 3.40. The number of hydrogen-bond acceptors (Lipinski definition) is 5. The number of anilines is 1. The van der Waals surface area contributed by atoms with Gasteiger partial charge in [-0.15, -0.1) is 5.10 Å². The summed E-state index contributed by atoms with van der Waals surface area (Å²) in [4.78, 5) is 12.5. The van der Waals surface area contributed by atoms with E-state index in [-0.39, 0.29) is 11.3 Å². The summed E-state index contributed by atoms with van der Waals surface area (Å²) >= 11 is 0. The monoisotopic (exact) mass is 340 g/mol. The zero-order valence-electron chi connectivity index (χ0n) is 14.3. The molecule has 1 fully saturated rings. The molecule has 1 saturated carbocycles. The third-order valence-corrected chi connectivity index (χ3v) is 4.77. The van der Waals surface area contributed by atoms with E-state index < -0.39 is 0 Å². The van der Waals surface area contributed by atoms with E-state index in [9.17, 15) is 4.79 Å². The maximum atomic E-state index is 12.5. The average Bonchev–Trinajstić information content (AvgIpc) is 2.63. The van der Waals surface area contributed by atoms with E-state index in [2.05, 4.69) is 15.5 Å². The Morgan fingerprint density at radius 2 is 2.04 bits per heavy atom. The van der Waals surface area contributed by atoms with Crippen LogP contribution in [0.4, 0.5) is 5.69 Å². The number of rotatable bonds is 6. The Hall–Kier alpha value is -2.47. The fourth-order valence-corrected chi connectivity index (χ4v) is 3.40. The van der Waals surface area contributed by atoms with Crippen LogP contribution >= 0.6 is 0 Å². The zero-order chi connectivity index (χ0) is 17.5. The average molecular weight is 340 g/mol. The van der Waals surface area contributed by atoms with Crippen LogP contribution in [0.3, 0.4) is 0 Å². The summed E-state index contributed by atoms with van der Waals surface area (Å²) in [5, 5.41) is 10.6. The van der Waals surface area contributed by atoms with Crippen molar-refractivity contribution in [2.75, 3.05) is 11.9 Å². The number of amides is 1. The lowest BCUT2D eigenvalue weighted by molar-refractivity contribution is -0.118. The molecule has 0 aliphatic heterocycles. The van der Waals surface area contributed by atoms with Gasteiger partial charge < -0.3 is 15.8 Å². The number of nitrogens with one attached hydrogen (secondary N) is 1. The molecule has 1 aromatic heterocycles. The topological polar surface area (TPSA) is 90.1 Å². The summed E-state index contributed by atoms with van der Waals surface area (Å²) in [6, 6.07) is 10.8. The maximum absolute atomic E-state index is 12.5. The minimum atomic E-state index is -0.0456. The number of carbonyl (C=O) groups is 1. The molecule has 0 unspecified atom stereocenters. The van der Waals surface area contributed by atoms with Gasteiger partial charge in [0.05, 0.1) is 0 Å². The number of carbonyl (C=O) groups excluding carboxylic acids is 1. The lowest BCUT2D eigenvalue weighted by Gasteiger charge is -2.35. The summed E-state index contributed by atoms with van der Waals surface area (Å²) < 4.78 is 5.65. The Labute approximate surface area is 147 Å². The molecule has 2 aromatic rings. The highest BCUT2D eigenvalue weighted by Gasteiger charge is 2.32. The third kappa shape index (κ3) is 4.76. The highest BCUT2D eigenvalue weighted by atomic mass is 16.5. The second-order valence-corrected chi connectivity index (χ2v) is 6.68. The molecule has 6 nitrogen and oxygen atoms in total. The first kappa shape index (κ1) is 17.4. The highest BCUT2D eigenvalue weighted by Crippen LogP contribution is 2.38. The number of nitrogens with two attached hydrogens (primary N) is 1. The number of aromatic nitrogens is 2. The van der Waals surface area contributed by atoms with Gasteiger partial charge in [-0.3, -0.25) is 4.79 Å². The first-order valence-electron chi connectivity index (χ1n) is 8.75. The van der Waals surface area contributed by atoms with Crippen molar-refractivity contribution in [2.45, 2.75) is 38.5 Å². The molecule has 1 heterocycles. The van der Waals surface area contributed by atoms with Gasteiger partial charge in [0.15, 0.2) is 0 Å². The molecule has 0 atom stereocenters. The standard InChI is InChI=1S/C19H24N4O2/c20-14-19(9-2-1-3-10-19)13-17(24)22-15-6-4-7-16(12-15)25-18-8-5-11-21-23-18/h4-8,11-12H,1-3,9-10,13-14,20H2,(H,22,24). The quantitative estimate of drug-likeness (QED) is 0.840. The predicted molar refractivity (Wildman–Crippen MR) is 96.4 cm³/mol. The molecule has 132 valence electrons. The van der Waals surface area contributed by atoms with E-state index in [0.717, 1.165) is 25.7 Å². The molecule has 3 rings (SSSR count). The third-order valence-electron chi connectivity index (χ3n) is 4.77. The minimum Gasteiger partial charge on any atom is -0.437 e. The van der Waals surface area contributed by atoms with Crippen molar-refractivity contribution < 1.29 is 9.53 Å². The minimum absolute atomic E-state index is 0.00371. The van der Waals surface area contributed by atoms with Gasteiger partial charge in [0.1, 0.15) is 5.75 Å². The number of ether oxygens (including phenoxy) is 1. The van der Waals surface area contributed by atoms with Crippen LogP contribution in [0.2, 0.25) is 0 Å². The Morgan fingerprint density at radius 3 is 2.76 bits per heavy atom. The van der Waals surface area contributed by atoms with Crippen molar-refractivity contribution in [2.24, 2.45) is 11.1 Å². The fraction of sp³-hybridized carbons (Fsp3) is 0.421. The normalized spacial score (nSPS) is 16.2. The Bertz CT molecular complexity index is 700. The Balaban J connectivity index is 1.62. The molecule has 6 heteroatoms. The van der Waals surface area contributed by atoms with Gasteiger partial charge >= 0.3 is 0 Å². The van der Waals surface area contributed by atoms with Crippen LogP contribution in [0.15, 0.2) is 42.6 Å². The van der Waals surface area contributed by atoms with Crippen LogP contribution < -0.4 is 15.8 Å². The predicted octanol–water partition coefficient (Wildman–Crippen LogP) is 3.51. The van der Waals surface area contributed by atoms with Gasteiger partial charge in [0.2, 0.25) is 11.8 Å². The van der Waals surface area contributed by atoms with Crippen LogP contribution in [0, 0.1) is 5.41 Å². The largest absolute Gasteiger partial charge is 0.437 e. The smallest absolute Gasteiger partial charge is 0.238 e. The van der Waals surface area contributed by atoms with Crippen molar-refractivity contribution >= 4 is 11.6 Å². The molecule has 0 bridgehead atoms. The SMILES string of the molecule is NCC1(CC(=O)Nc2cccc(Oc3cccnn3)c2)CCCCC1. The lowest BCUT2D eigenvalue weighted by atomic mass is 9.71. The maximum Gasteiger partial charge on any atom is 0.238 e. The molecule has 1 aliphatic rings. The molecule has 0 radical (unpaired) electrons. The highest BCUT2D eigenvalue weighted by molar-refractivity contribution is 5.91. The van der Waals surface area contributed by atoms with Crippen LogP contribution in [0.1, 0.15) is 38.5 Å². The van der Waals surface area contributed by atoms with E-state index in [1.165, 1.54) is 6.42 Å². The Kier molecular flexibility index (Phi) is 5.60. The number of benzene rings is 1. The lowest BCUT2D eigenvalue weighted by Crippen LogP contribution is -2.36. The second-order valence-electron chi connectivity index (χ2n) is 6.68. The molecular formula is C19H24N4O2. The van der Waals surface area contributed by atoms with Crippen molar-refractivity contribution in [1.29, 1.82) is 0 Å². The molecule has 1 amide bonds. The summed E-state index contributed by atoms with van der Waals surface area (Å²) in [7, 11) is 0. The van der Waals surface area contributed by atoms with Crippen LogP contribution in [-0.2, 0) is 4.79 Å². The number of hydrogen-bond donors (Lipinski definition) is 2. The molecule has 1 aliphatic carbocycles. The number of nitrogens with zero attached hydrogens (tertiary/aromatic N) is 2. The van der Waals surface area contributed by atoms with E-state index in [0.29, 0.717) is 30.3 Å². The molecule has 0 saturated heterocycles. The molecular weight excluding hydrogens is 316 g/mol. The summed E-state index contributed by atoms with van der Waals surface area (Å²) in [6.07, 6.45) is 7.68. The zero-order valence-corrected chi connectivity index (χ0v) is 14.3. The molecule has 0 spiro atoms. The summed E-state index contributed by atoms with van der Waals surface area (Å²) in [5.41, 5.74) is 6.63. The summed E-state index contributed by atoms with van der Waals surface area (Å²) in [5.74, 6) is 1.02. The van der Waals surface area contributed by atoms with E-state index in [1.54, 1.807) is 24.4 Å². The van der Waals surface area contributed by atoms with E-state index >= 15 is 0 Å². The molecule has 1 aromatic carbocycles. The van der Waals surface area contributed by atoms with Gasteiger partial charge in [-0.1, -0.05) is 25.3 Å². The van der Waals surface area contributed by atoms with Gasteiger partial charge in [-0.25, -0.2) is 0 Å². The van der Waals surface area contributed by atoms with Crippen LogP contribution in [-0.4, -0.2) is 22.6 Å². The van der Waals surface area contributed by atoms with Crippen molar-refractivity contribution in [3.8, 4) is 11.6 Å². The van der Waals surface area contributed by atoms with Gasteiger partial charge in [0, 0.05) is 30.4 Å². The van der Waals surface area contributed by atoms with E-state index in [1.807, 2.05) is 18.2 Å². The van der Waals surface area contributed by atoms with Crippen LogP contribution in [0.25, 0.3) is 0 Å².